The number of aromatic hydroxyl groups is 1. The number of hydrogen-bond donors (Lipinski definition) is 3. The van der Waals surface area contributed by atoms with Gasteiger partial charge in [-0.15, -0.1) is 0 Å². The van der Waals surface area contributed by atoms with Crippen LogP contribution in [0.25, 0.3) is 0 Å². The Bertz CT molecular complexity index is 902. The maximum atomic E-state index is 12.8. The maximum Gasteiger partial charge on any atom is 0.329 e. The van der Waals surface area contributed by atoms with E-state index < -0.39 is 34.0 Å². The fourth-order valence-electron chi connectivity index (χ4n) is 1.78. The first-order chi connectivity index (χ1) is 12.3. The average molecular weight is 425 g/mol. The molecule has 0 saturated carbocycles. The Morgan fingerprint density at radius 2 is 1.88 bits per heavy atom. The summed E-state index contributed by atoms with van der Waals surface area (Å²) in [5.74, 6) is -3.33. The second-order valence-corrected chi connectivity index (χ2v) is 5.70. The van der Waals surface area contributed by atoms with Gasteiger partial charge in [-0.3, -0.25) is 19.7 Å². The minimum atomic E-state index is -1.13. The summed E-state index contributed by atoms with van der Waals surface area (Å²) in [6, 6.07) is 7.17. The molecular weight excluding hydrogens is 415 g/mol. The van der Waals surface area contributed by atoms with Crippen molar-refractivity contribution in [3.8, 4) is 5.75 Å². The molecule has 0 saturated heterocycles. The highest BCUT2D eigenvalue weighted by Gasteiger charge is 2.18. The molecule has 0 aliphatic rings. The van der Waals surface area contributed by atoms with Crippen LogP contribution in [0.1, 0.15) is 5.56 Å². The number of amides is 2. The lowest BCUT2D eigenvalue weighted by molar-refractivity contribution is -0.385. The van der Waals surface area contributed by atoms with Crippen molar-refractivity contribution in [2.24, 2.45) is 5.10 Å². The van der Waals surface area contributed by atoms with Gasteiger partial charge in [-0.1, -0.05) is 15.9 Å². The lowest BCUT2D eigenvalue weighted by atomic mass is 10.2. The lowest BCUT2D eigenvalue weighted by Gasteiger charge is -2.04. The molecule has 3 N–H and O–H groups in total. The highest BCUT2D eigenvalue weighted by atomic mass is 79.9. The van der Waals surface area contributed by atoms with Crippen LogP contribution in [0.5, 0.6) is 5.75 Å². The summed E-state index contributed by atoms with van der Waals surface area (Å²) in [4.78, 5) is 33.3. The van der Waals surface area contributed by atoms with E-state index >= 15 is 0 Å². The topological polar surface area (TPSA) is 134 Å². The van der Waals surface area contributed by atoms with Crippen molar-refractivity contribution >= 4 is 45.3 Å². The SMILES string of the molecule is O=C(N/N=C\c1cc(Br)cc([N+](=O)[O-])c1O)C(=O)Nc1ccc(F)cc1. The van der Waals surface area contributed by atoms with Crippen molar-refractivity contribution in [2.75, 3.05) is 5.32 Å². The monoisotopic (exact) mass is 424 g/mol. The number of rotatable bonds is 4. The molecule has 0 spiro atoms. The highest BCUT2D eigenvalue weighted by molar-refractivity contribution is 9.10. The molecule has 0 aromatic heterocycles. The van der Waals surface area contributed by atoms with E-state index in [2.05, 4.69) is 26.3 Å². The Morgan fingerprint density at radius 1 is 1.23 bits per heavy atom. The van der Waals surface area contributed by atoms with Crippen molar-refractivity contribution in [3.63, 3.8) is 0 Å². The molecule has 0 heterocycles. The van der Waals surface area contributed by atoms with Crippen LogP contribution < -0.4 is 10.7 Å². The summed E-state index contributed by atoms with van der Waals surface area (Å²) in [7, 11) is 0. The van der Waals surface area contributed by atoms with Gasteiger partial charge in [0.15, 0.2) is 0 Å². The standard InChI is InChI=1S/C15H10BrFN4O5/c16-9-5-8(13(22)12(6-9)21(25)26)7-18-20-15(24)14(23)19-11-3-1-10(17)2-4-11/h1-7,22H,(H,19,23)(H,20,24)/b18-7-. The van der Waals surface area contributed by atoms with E-state index in [4.69, 9.17) is 0 Å². The van der Waals surface area contributed by atoms with Gasteiger partial charge < -0.3 is 10.4 Å². The first-order valence-electron chi connectivity index (χ1n) is 6.85. The summed E-state index contributed by atoms with van der Waals surface area (Å²) in [6.07, 6.45) is 0.941. The van der Waals surface area contributed by atoms with E-state index in [1.807, 2.05) is 5.43 Å². The molecule has 2 rings (SSSR count). The number of phenols is 1. The smallest absolute Gasteiger partial charge is 0.329 e. The predicted molar refractivity (Wildman–Crippen MR) is 93.2 cm³/mol. The number of anilines is 1. The van der Waals surface area contributed by atoms with Crippen LogP contribution in [0.2, 0.25) is 0 Å². The lowest BCUT2D eigenvalue weighted by Crippen LogP contribution is -2.32. The van der Waals surface area contributed by atoms with Crippen LogP contribution >= 0.6 is 15.9 Å². The number of nitro groups is 1. The van der Waals surface area contributed by atoms with E-state index in [-0.39, 0.29) is 11.3 Å². The third-order valence-electron chi connectivity index (χ3n) is 2.96. The van der Waals surface area contributed by atoms with Gasteiger partial charge in [-0.2, -0.15) is 5.10 Å². The molecule has 0 unspecified atom stereocenters. The summed E-state index contributed by atoms with van der Waals surface area (Å²) in [5.41, 5.74) is 1.51. The molecule has 0 aliphatic heterocycles. The van der Waals surface area contributed by atoms with Crippen molar-refractivity contribution in [2.45, 2.75) is 0 Å². The van der Waals surface area contributed by atoms with Gasteiger partial charge in [-0.25, -0.2) is 9.82 Å². The Labute approximate surface area is 153 Å². The molecule has 2 aromatic rings. The van der Waals surface area contributed by atoms with Gasteiger partial charge in [0, 0.05) is 21.8 Å². The second-order valence-electron chi connectivity index (χ2n) is 4.78. The highest BCUT2D eigenvalue weighted by Crippen LogP contribution is 2.32. The molecule has 0 atom stereocenters. The zero-order valence-corrected chi connectivity index (χ0v) is 14.4. The van der Waals surface area contributed by atoms with Crippen molar-refractivity contribution in [1.29, 1.82) is 0 Å². The number of benzene rings is 2. The quantitative estimate of drug-likeness (QED) is 0.299. The molecule has 134 valence electrons. The van der Waals surface area contributed by atoms with Crippen LogP contribution in [0.3, 0.4) is 0 Å². The largest absolute Gasteiger partial charge is 0.502 e. The first kappa shape index (κ1) is 19.0. The molecular formula is C15H10BrFN4O5. The fraction of sp³-hybridized carbons (Fsp3) is 0. The Morgan fingerprint density at radius 3 is 2.50 bits per heavy atom. The summed E-state index contributed by atoms with van der Waals surface area (Å²) in [5, 5.41) is 26.3. The normalized spacial score (nSPS) is 10.5. The number of hydrogen-bond acceptors (Lipinski definition) is 6. The van der Waals surface area contributed by atoms with Gasteiger partial charge in [-0.05, 0) is 30.3 Å². The second kappa shape index (κ2) is 8.16. The van der Waals surface area contributed by atoms with Gasteiger partial charge >= 0.3 is 17.5 Å². The van der Waals surface area contributed by atoms with Crippen molar-refractivity contribution in [3.05, 3.63) is 62.4 Å². The zero-order chi connectivity index (χ0) is 19.3. The number of halogens is 2. The molecule has 0 fully saturated rings. The van der Waals surface area contributed by atoms with Crippen LogP contribution in [-0.2, 0) is 9.59 Å². The summed E-state index contributed by atoms with van der Waals surface area (Å²) < 4.78 is 13.1. The van der Waals surface area contributed by atoms with Gasteiger partial charge in [0.1, 0.15) is 5.82 Å². The molecule has 0 bridgehead atoms. The number of carbonyl (C=O) groups is 2. The fourth-order valence-corrected chi connectivity index (χ4v) is 2.24. The van der Waals surface area contributed by atoms with Crippen LogP contribution in [-0.4, -0.2) is 28.1 Å². The van der Waals surface area contributed by atoms with Crippen LogP contribution in [0.15, 0.2) is 46.0 Å². The summed E-state index contributed by atoms with van der Waals surface area (Å²) >= 11 is 3.05. The van der Waals surface area contributed by atoms with Crippen molar-refractivity contribution < 1.29 is 24.0 Å². The van der Waals surface area contributed by atoms with Gasteiger partial charge in [0.05, 0.1) is 11.1 Å². The van der Waals surface area contributed by atoms with Gasteiger partial charge in [0.25, 0.3) is 0 Å². The van der Waals surface area contributed by atoms with E-state index in [9.17, 15) is 29.2 Å². The molecule has 26 heavy (non-hydrogen) atoms. The molecule has 11 heteroatoms. The number of carbonyl (C=O) groups excluding carboxylic acids is 2. The van der Waals surface area contributed by atoms with E-state index in [1.165, 1.54) is 18.2 Å². The van der Waals surface area contributed by atoms with E-state index in [1.54, 1.807) is 0 Å². The predicted octanol–water partition coefficient (Wildman–Crippen LogP) is 2.29. The third kappa shape index (κ3) is 4.83. The minimum absolute atomic E-state index is 0.0506. The molecule has 9 nitrogen and oxygen atoms in total. The molecule has 0 radical (unpaired) electrons. The Kier molecular flexibility index (Phi) is 5.96. The van der Waals surface area contributed by atoms with Crippen LogP contribution in [0.4, 0.5) is 15.8 Å². The average Bonchev–Trinajstić information content (AvgIpc) is 2.59. The van der Waals surface area contributed by atoms with E-state index in [0.29, 0.717) is 4.47 Å². The zero-order valence-electron chi connectivity index (χ0n) is 12.8. The number of nitro benzene ring substituents is 1. The van der Waals surface area contributed by atoms with E-state index in [0.717, 1.165) is 24.4 Å². The molecule has 2 amide bonds. The maximum absolute atomic E-state index is 12.8. The summed E-state index contributed by atoms with van der Waals surface area (Å²) in [6.45, 7) is 0. The Balaban J connectivity index is 2.03. The first-order valence-corrected chi connectivity index (χ1v) is 7.64. The third-order valence-corrected chi connectivity index (χ3v) is 3.42. The number of nitrogens with zero attached hydrogens (tertiary/aromatic N) is 2. The number of nitrogens with one attached hydrogen (secondary N) is 2. The van der Waals surface area contributed by atoms with Gasteiger partial charge in [0.2, 0.25) is 5.75 Å². The molecule has 0 aliphatic carbocycles. The van der Waals surface area contributed by atoms with Crippen molar-refractivity contribution in [1.82, 2.24) is 5.43 Å². The number of phenolic OH excluding ortho intramolecular Hbond substituents is 1. The Hall–Kier alpha value is -3.34. The number of hydrazone groups is 1. The van der Waals surface area contributed by atoms with Crippen LogP contribution in [0, 0.1) is 15.9 Å². The minimum Gasteiger partial charge on any atom is -0.502 e. The molecule has 2 aromatic carbocycles.